The molecule has 1 amide bonds. The molecule has 1 aliphatic carbocycles. The standard InChI is InChI=1S/C16H23N3O2/c1-10-9-12-13(17-18(3)14(12)11(2)21-10)15(20)19-8-4-5-16(19)6-7-16/h10-11H,4-9H2,1-3H3/t10-,11+/m1/s1. The fourth-order valence-corrected chi connectivity index (χ4v) is 4.26. The summed E-state index contributed by atoms with van der Waals surface area (Å²) in [5.74, 6) is 0.142. The highest BCUT2D eigenvalue weighted by atomic mass is 16.5. The van der Waals surface area contributed by atoms with E-state index in [1.54, 1.807) is 0 Å². The largest absolute Gasteiger partial charge is 0.369 e. The van der Waals surface area contributed by atoms with Crippen LogP contribution in [0.15, 0.2) is 0 Å². The average Bonchev–Trinajstić information content (AvgIpc) is 2.93. The Morgan fingerprint density at radius 3 is 2.81 bits per heavy atom. The number of hydrogen-bond donors (Lipinski definition) is 0. The number of likely N-dealkylation sites (tertiary alicyclic amines) is 1. The lowest BCUT2D eigenvalue weighted by Crippen LogP contribution is -2.38. The van der Waals surface area contributed by atoms with Crippen LogP contribution in [0.4, 0.5) is 0 Å². The number of ether oxygens (including phenoxy) is 1. The van der Waals surface area contributed by atoms with Crippen molar-refractivity contribution in [2.45, 2.75) is 63.7 Å². The highest BCUT2D eigenvalue weighted by Crippen LogP contribution is 2.50. The third-order valence-corrected chi connectivity index (χ3v) is 5.38. The number of carbonyl (C=O) groups is 1. The van der Waals surface area contributed by atoms with E-state index in [9.17, 15) is 4.79 Å². The normalized spacial score (nSPS) is 29.8. The van der Waals surface area contributed by atoms with Crippen molar-refractivity contribution in [2.75, 3.05) is 6.54 Å². The van der Waals surface area contributed by atoms with Crippen LogP contribution < -0.4 is 0 Å². The Labute approximate surface area is 125 Å². The maximum Gasteiger partial charge on any atom is 0.275 e. The maximum atomic E-state index is 13.0. The number of nitrogens with zero attached hydrogens (tertiary/aromatic N) is 3. The summed E-state index contributed by atoms with van der Waals surface area (Å²) in [6, 6.07) is 0. The van der Waals surface area contributed by atoms with E-state index in [2.05, 4.69) is 16.9 Å². The highest BCUT2D eigenvalue weighted by Gasteiger charge is 2.53. The molecule has 1 aromatic heterocycles. The van der Waals surface area contributed by atoms with E-state index < -0.39 is 0 Å². The number of carbonyl (C=O) groups excluding carboxylic acids is 1. The van der Waals surface area contributed by atoms with Crippen molar-refractivity contribution in [1.82, 2.24) is 14.7 Å². The van der Waals surface area contributed by atoms with Gasteiger partial charge >= 0.3 is 0 Å². The molecule has 0 N–H and O–H groups in total. The Morgan fingerprint density at radius 1 is 1.33 bits per heavy atom. The monoisotopic (exact) mass is 289 g/mol. The first kappa shape index (κ1) is 13.3. The van der Waals surface area contributed by atoms with Crippen LogP contribution in [0.3, 0.4) is 0 Å². The Kier molecular flexibility index (Phi) is 2.74. The molecule has 0 radical (unpaired) electrons. The molecule has 1 saturated heterocycles. The quantitative estimate of drug-likeness (QED) is 0.796. The van der Waals surface area contributed by atoms with Gasteiger partial charge in [0.05, 0.1) is 17.9 Å². The number of hydrogen-bond acceptors (Lipinski definition) is 3. The number of fused-ring (bicyclic) bond motifs is 1. The number of rotatable bonds is 1. The first-order valence-corrected chi connectivity index (χ1v) is 8.05. The smallest absolute Gasteiger partial charge is 0.275 e. The van der Waals surface area contributed by atoms with E-state index >= 15 is 0 Å². The lowest BCUT2D eigenvalue weighted by Gasteiger charge is -2.27. The van der Waals surface area contributed by atoms with Gasteiger partial charge in [-0.1, -0.05) is 0 Å². The molecule has 21 heavy (non-hydrogen) atoms. The molecule has 2 fully saturated rings. The topological polar surface area (TPSA) is 47.4 Å². The van der Waals surface area contributed by atoms with Gasteiger partial charge in [0.15, 0.2) is 5.69 Å². The third-order valence-electron chi connectivity index (χ3n) is 5.38. The SMILES string of the molecule is C[C@@H]1Cc2c(C(=O)N3CCCC34CC4)nn(C)c2[C@H](C)O1. The molecule has 114 valence electrons. The van der Waals surface area contributed by atoms with E-state index in [0.717, 1.165) is 30.6 Å². The summed E-state index contributed by atoms with van der Waals surface area (Å²) >= 11 is 0. The van der Waals surface area contributed by atoms with Crippen molar-refractivity contribution in [3.05, 3.63) is 17.0 Å². The molecule has 3 aliphatic rings. The molecule has 5 heteroatoms. The summed E-state index contributed by atoms with van der Waals surface area (Å²) in [5.41, 5.74) is 3.03. The fraction of sp³-hybridized carbons (Fsp3) is 0.750. The first-order chi connectivity index (χ1) is 10.0. The summed E-state index contributed by atoms with van der Waals surface area (Å²) in [7, 11) is 1.92. The summed E-state index contributed by atoms with van der Waals surface area (Å²) in [5, 5.41) is 4.56. The Hall–Kier alpha value is -1.36. The lowest BCUT2D eigenvalue weighted by molar-refractivity contribution is -0.00907. The molecule has 2 atom stereocenters. The van der Waals surface area contributed by atoms with Crippen molar-refractivity contribution in [2.24, 2.45) is 7.05 Å². The molecule has 0 unspecified atom stereocenters. The number of aromatic nitrogens is 2. The Bertz CT molecular complexity index is 603. The lowest BCUT2D eigenvalue weighted by atomic mass is 9.99. The van der Waals surface area contributed by atoms with E-state index in [1.807, 2.05) is 18.7 Å². The van der Waals surface area contributed by atoms with Gasteiger partial charge < -0.3 is 9.64 Å². The predicted molar refractivity (Wildman–Crippen MR) is 78.1 cm³/mol. The predicted octanol–water partition coefficient (Wildman–Crippen LogP) is 2.21. The molecular weight excluding hydrogens is 266 g/mol. The first-order valence-electron chi connectivity index (χ1n) is 8.05. The van der Waals surface area contributed by atoms with Crippen molar-refractivity contribution >= 4 is 5.91 Å². The summed E-state index contributed by atoms with van der Waals surface area (Å²) in [6.45, 7) is 5.01. The van der Waals surface area contributed by atoms with Crippen LogP contribution in [0, 0.1) is 0 Å². The molecule has 1 aromatic rings. The minimum atomic E-state index is 0.0104. The molecule has 0 aromatic carbocycles. The molecule has 1 saturated carbocycles. The van der Waals surface area contributed by atoms with Crippen molar-refractivity contribution < 1.29 is 9.53 Å². The van der Waals surface area contributed by atoms with Gasteiger partial charge in [0.25, 0.3) is 5.91 Å². The molecule has 1 spiro atoms. The van der Waals surface area contributed by atoms with Crippen LogP contribution in [-0.2, 0) is 18.2 Å². The zero-order chi connectivity index (χ0) is 14.8. The van der Waals surface area contributed by atoms with Gasteiger partial charge in [-0.15, -0.1) is 0 Å². The number of amides is 1. The van der Waals surface area contributed by atoms with Crippen molar-refractivity contribution in [3.8, 4) is 0 Å². The molecule has 3 heterocycles. The molecule has 2 aliphatic heterocycles. The molecule has 0 bridgehead atoms. The van der Waals surface area contributed by atoms with E-state index in [-0.39, 0.29) is 23.7 Å². The fourth-order valence-electron chi connectivity index (χ4n) is 4.26. The summed E-state index contributed by atoms with van der Waals surface area (Å²) in [6.07, 6.45) is 5.59. The summed E-state index contributed by atoms with van der Waals surface area (Å²) < 4.78 is 7.72. The van der Waals surface area contributed by atoms with Crippen LogP contribution in [0.5, 0.6) is 0 Å². The van der Waals surface area contributed by atoms with Crippen molar-refractivity contribution in [1.29, 1.82) is 0 Å². The maximum absolute atomic E-state index is 13.0. The van der Waals surface area contributed by atoms with Crippen LogP contribution >= 0.6 is 0 Å². The van der Waals surface area contributed by atoms with Gasteiger partial charge in [0.2, 0.25) is 0 Å². The van der Waals surface area contributed by atoms with Crippen LogP contribution in [0.2, 0.25) is 0 Å². The average molecular weight is 289 g/mol. The third kappa shape index (κ3) is 1.86. The van der Waals surface area contributed by atoms with Gasteiger partial charge in [-0.2, -0.15) is 5.10 Å². The summed E-state index contributed by atoms with van der Waals surface area (Å²) in [4.78, 5) is 15.1. The second-order valence-electron chi connectivity index (χ2n) is 6.91. The minimum absolute atomic E-state index is 0.0104. The van der Waals surface area contributed by atoms with Crippen LogP contribution in [0.25, 0.3) is 0 Å². The van der Waals surface area contributed by atoms with Gasteiger partial charge in [0, 0.05) is 31.1 Å². The van der Waals surface area contributed by atoms with E-state index in [1.165, 1.54) is 19.3 Å². The highest BCUT2D eigenvalue weighted by molar-refractivity contribution is 5.95. The van der Waals surface area contributed by atoms with Crippen molar-refractivity contribution in [3.63, 3.8) is 0 Å². The van der Waals surface area contributed by atoms with E-state index in [4.69, 9.17) is 4.74 Å². The van der Waals surface area contributed by atoms with Gasteiger partial charge in [-0.3, -0.25) is 9.48 Å². The zero-order valence-corrected chi connectivity index (χ0v) is 13.1. The van der Waals surface area contributed by atoms with Crippen LogP contribution in [0.1, 0.15) is 67.4 Å². The molecule has 4 rings (SSSR count). The molecular formula is C16H23N3O2. The van der Waals surface area contributed by atoms with Gasteiger partial charge in [0.1, 0.15) is 0 Å². The van der Waals surface area contributed by atoms with Gasteiger partial charge in [-0.05, 0) is 39.5 Å². The van der Waals surface area contributed by atoms with E-state index in [0.29, 0.717) is 5.69 Å². The number of aryl methyl sites for hydroxylation is 1. The Balaban J connectivity index is 1.73. The minimum Gasteiger partial charge on any atom is -0.369 e. The Morgan fingerprint density at radius 2 is 2.10 bits per heavy atom. The molecule has 5 nitrogen and oxygen atoms in total. The van der Waals surface area contributed by atoms with Crippen LogP contribution in [-0.4, -0.2) is 38.8 Å². The van der Waals surface area contributed by atoms with Gasteiger partial charge in [-0.25, -0.2) is 0 Å². The second-order valence-corrected chi connectivity index (χ2v) is 6.91. The second kappa shape index (κ2) is 4.32. The zero-order valence-electron chi connectivity index (χ0n) is 13.1.